The van der Waals surface area contributed by atoms with E-state index in [2.05, 4.69) is 11.4 Å². The van der Waals surface area contributed by atoms with E-state index in [9.17, 15) is 0 Å². The lowest BCUT2D eigenvalue weighted by atomic mass is 10.0. The maximum Gasteiger partial charge on any atom is 0.120 e. The molecule has 0 bridgehead atoms. The van der Waals surface area contributed by atoms with Crippen LogP contribution in [0.4, 0.5) is 0 Å². The van der Waals surface area contributed by atoms with E-state index in [4.69, 9.17) is 21.6 Å². The van der Waals surface area contributed by atoms with Crippen LogP contribution in [0.3, 0.4) is 0 Å². The van der Waals surface area contributed by atoms with Gasteiger partial charge in [-0.1, -0.05) is 17.7 Å². The average molecular weight is 239 g/mol. The SMILES string of the molecule is CNC(CCC#N)c1ccc(OC)cc1Cl. The number of nitriles is 1. The predicted octanol–water partition coefficient (Wildman–Crippen LogP) is 2.91. The van der Waals surface area contributed by atoms with Crippen LogP contribution in [-0.4, -0.2) is 14.2 Å². The van der Waals surface area contributed by atoms with Crippen molar-refractivity contribution in [2.75, 3.05) is 14.2 Å². The molecule has 16 heavy (non-hydrogen) atoms. The smallest absolute Gasteiger partial charge is 0.120 e. The molecule has 1 N–H and O–H groups in total. The Bertz CT molecular complexity index is 387. The van der Waals surface area contributed by atoms with Crippen molar-refractivity contribution < 1.29 is 4.74 Å². The molecule has 1 rings (SSSR count). The summed E-state index contributed by atoms with van der Waals surface area (Å²) in [5.41, 5.74) is 1.00. The molecule has 0 fully saturated rings. The number of hydrogen-bond donors (Lipinski definition) is 1. The van der Waals surface area contributed by atoms with E-state index in [1.54, 1.807) is 13.2 Å². The fourth-order valence-corrected chi connectivity index (χ4v) is 1.88. The molecule has 1 aromatic carbocycles. The molecular weight excluding hydrogens is 224 g/mol. The lowest BCUT2D eigenvalue weighted by Gasteiger charge is -2.17. The molecule has 3 nitrogen and oxygen atoms in total. The number of ether oxygens (including phenoxy) is 1. The first-order valence-electron chi connectivity index (χ1n) is 5.10. The van der Waals surface area contributed by atoms with E-state index in [0.717, 1.165) is 17.7 Å². The topological polar surface area (TPSA) is 45.0 Å². The Hall–Kier alpha value is -1.24. The second kappa shape index (κ2) is 6.37. The van der Waals surface area contributed by atoms with Gasteiger partial charge >= 0.3 is 0 Å². The Kier molecular flexibility index (Phi) is 5.10. The van der Waals surface area contributed by atoms with Crippen molar-refractivity contribution in [3.8, 4) is 11.8 Å². The average Bonchev–Trinajstić information content (AvgIpc) is 2.31. The van der Waals surface area contributed by atoms with E-state index in [1.165, 1.54) is 0 Å². The van der Waals surface area contributed by atoms with Gasteiger partial charge in [-0.2, -0.15) is 5.26 Å². The van der Waals surface area contributed by atoms with Gasteiger partial charge in [-0.25, -0.2) is 0 Å². The minimum Gasteiger partial charge on any atom is -0.497 e. The fraction of sp³-hybridized carbons (Fsp3) is 0.417. The number of rotatable bonds is 5. The molecule has 0 aliphatic heterocycles. The van der Waals surface area contributed by atoms with E-state index >= 15 is 0 Å². The zero-order chi connectivity index (χ0) is 12.0. The molecule has 1 unspecified atom stereocenters. The molecule has 0 saturated carbocycles. The number of methoxy groups -OCH3 is 1. The number of halogens is 1. The molecule has 86 valence electrons. The first-order valence-corrected chi connectivity index (χ1v) is 5.48. The quantitative estimate of drug-likeness (QED) is 0.858. The lowest BCUT2D eigenvalue weighted by Crippen LogP contribution is -2.16. The second-order valence-corrected chi connectivity index (χ2v) is 3.83. The number of nitrogens with one attached hydrogen (secondary N) is 1. The largest absolute Gasteiger partial charge is 0.497 e. The van der Waals surface area contributed by atoms with Gasteiger partial charge in [0.05, 0.1) is 13.2 Å². The van der Waals surface area contributed by atoms with Gasteiger partial charge in [0.2, 0.25) is 0 Å². The van der Waals surface area contributed by atoms with Crippen molar-refractivity contribution in [1.82, 2.24) is 5.32 Å². The van der Waals surface area contributed by atoms with Crippen LogP contribution in [0.25, 0.3) is 0 Å². The number of nitrogens with zero attached hydrogens (tertiary/aromatic N) is 1. The molecule has 0 spiro atoms. The third kappa shape index (κ3) is 3.13. The van der Waals surface area contributed by atoms with Gasteiger partial charge in [0.1, 0.15) is 5.75 Å². The normalized spacial score (nSPS) is 11.9. The number of benzene rings is 1. The van der Waals surface area contributed by atoms with Crippen molar-refractivity contribution >= 4 is 11.6 Å². The van der Waals surface area contributed by atoms with E-state index in [-0.39, 0.29) is 6.04 Å². The van der Waals surface area contributed by atoms with Crippen LogP contribution in [0.2, 0.25) is 5.02 Å². The molecular formula is C12H15ClN2O. The summed E-state index contributed by atoms with van der Waals surface area (Å²) in [6.45, 7) is 0. The van der Waals surface area contributed by atoms with Crippen LogP contribution in [0, 0.1) is 11.3 Å². The summed E-state index contributed by atoms with van der Waals surface area (Å²) in [6.07, 6.45) is 1.26. The lowest BCUT2D eigenvalue weighted by molar-refractivity contribution is 0.414. The Labute approximate surface area is 101 Å². The van der Waals surface area contributed by atoms with Crippen molar-refractivity contribution in [3.05, 3.63) is 28.8 Å². The summed E-state index contributed by atoms with van der Waals surface area (Å²) in [7, 11) is 3.47. The Morgan fingerprint density at radius 1 is 1.56 bits per heavy atom. The minimum atomic E-state index is 0.109. The van der Waals surface area contributed by atoms with Crippen molar-refractivity contribution in [3.63, 3.8) is 0 Å². The van der Waals surface area contributed by atoms with E-state index in [1.807, 2.05) is 19.2 Å². The molecule has 1 atom stereocenters. The summed E-state index contributed by atoms with van der Waals surface area (Å²) in [5, 5.41) is 12.4. The first-order chi connectivity index (χ1) is 7.72. The highest BCUT2D eigenvalue weighted by Gasteiger charge is 2.12. The zero-order valence-electron chi connectivity index (χ0n) is 9.46. The van der Waals surface area contributed by atoms with Crippen molar-refractivity contribution in [1.29, 1.82) is 5.26 Å². The fourth-order valence-electron chi connectivity index (χ4n) is 1.58. The van der Waals surface area contributed by atoms with Crippen LogP contribution in [0.1, 0.15) is 24.4 Å². The summed E-state index contributed by atoms with van der Waals surface area (Å²) < 4.78 is 5.09. The Morgan fingerprint density at radius 2 is 2.31 bits per heavy atom. The van der Waals surface area contributed by atoms with Crippen molar-refractivity contribution in [2.45, 2.75) is 18.9 Å². The third-order valence-electron chi connectivity index (χ3n) is 2.48. The highest BCUT2D eigenvalue weighted by Crippen LogP contribution is 2.29. The standard InChI is InChI=1S/C12H15ClN2O/c1-15-12(4-3-7-14)10-6-5-9(16-2)8-11(10)13/h5-6,8,12,15H,3-4H2,1-2H3. The van der Waals surface area contributed by atoms with Gasteiger partial charge in [-0.15, -0.1) is 0 Å². The summed E-state index contributed by atoms with van der Waals surface area (Å²) >= 11 is 6.16. The molecule has 0 heterocycles. The molecule has 1 aromatic rings. The van der Waals surface area contributed by atoms with Crippen LogP contribution in [-0.2, 0) is 0 Å². The predicted molar refractivity (Wildman–Crippen MR) is 64.7 cm³/mol. The molecule has 0 saturated heterocycles. The zero-order valence-corrected chi connectivity index (χ0v) is 10.2. The minimum absolute atomic E-state index is 0.109. The summed E-state index contributed by atoms with van der Waals surface area (Å²) in [6, 6.07) is 7.83. The molecule has 0 aliphatic carbocycles. The summed E-state index contributed by atoms with van der Waals surface area (Å²) in [4.78, 5) is 0. The van der Waals surface area contributed by atoms with Crippen LogP contribution in [0.5, 0.6) is 5.75 Å². The number of hydrogen-bond acceptors (Lipinski definition) is 3. The van der Waals surface area contributed by atoms with Crippen LogP contribution < -0.4 is 10.1 Å². The summed E-state index contributed by atoms with van der Waals surface area (Å²) in [5.74, 6) is 0.740. The van der Waals surface area contributed by atoms with Gasteiger partial charge in [0.25, 0.3) is 0 Å². The van der Waals surface area contributed by atoms with Gasteiger partial charge in [-0.05, 0) is 31.2 Å². The van der Waals surface area contributed by atoms with Crippen molar-refractivity contribution in [2.24, 2.45) is 0 Å². The second-order valence-electron chi connectivity index (χ2n) is 3.43. The monoisotopic (exact) mass is 238 g/mol. The maximum absolute atomic E-state index is 8.58. The van der Waals surface area contributed by atoms with E-state index in [0.29, 0.717) is 11.4 Å². The Balaban J connectivity index is 2.88. The highest BCUT2D eigenvalue weighted by molar-refractivity contribution is 6.31. The molecule has 0 aliphatic rings. The molecule has 4 heteroatoms. The molecule has 0 aromatic heterocycles. The highest BCUT2D eigenvalue weighted by atomic mass is 35.5. The Morgan fingerprint density at radius 3 is 2.81 bits per heavy atom. The molecule has 0 amide bonds. The van der Waals surface area contributed by atoms with Crippen LogP contribution in [0.15, 0.2) is 18.2 Å². The van der Waals surface area contributed by atoms with Gasteiger partial charge < -0.3 is 10.1 Å². The van der Waals surface area contributed by atoms with Gasteiger partial charge in [-0.3, -0.25) is 0 Å². The van der Waals surface area contributed by atoms with Gasteiger partial charge in [0.15, 0.2) is 0 Å². The molecule has 0 radical (unpaired) electrons. The maximum atomic E-state index is 8.58. The third-order valence-corrected chi connectivity index (χ3v) is 2.80. The first kappa shape index (κ1) is 12.8. The van der Waals surface area contributed by atoms with Crippen LogP contribution >= 0.6 is 11.6 Å². The van der Waals surface area contributed by atoms with E-state index < -0.39 is 0 Å². The van der Waals surface area contributed by atoms with Gasteiger partial charge in [0, 0.05) is 17.5 Å².